The minimum atomic E-state index is -0.0332. The summed E-state index contributed by atoms with van der Waals surface area (Å²) in [5, 5.41) is 2.97. The fraction of sp³-hybridized carbons (Fsp3) is 0.667. The van der Waals surface area contributed by atoms with Crippen LogP contribution in [0.15, 0.2) is 6.07 Å². The Labute approximate surface area is 144 Å². The van der Waals surface area contributed by atoms with Crippen LogP contribution in [0.2, 0.25) is 0 Å². The van der Waals surface area contributed by atoms with Gasteiger partial charge in [0.25, 0.3) is 0 Å². The van der Waals surface area contributed by atoms with Crippen molar-refractivity contribution in [3.63, 3.8) is 0 Å². The Morgan fingerprint density at radius 1 is 1.12 bits per heavy atom. The second-order valence-corrected chi connectivity index (χ2v) is 7.87. The Hall–Kier alpha value is -1.98. The molecule has 0 atom stereocenters. The highest BCUT2D eigenvalue weighted by atomic mass is 16.2. The van der Waals surface area contributed by atoms with Crippen molar-refractivity contribution in [2.24, 2.45) is 5.41 Å². The van der Waals surface area contributed by atoms with Gasteiger partial charge in [0.05, 0.1) is 6.42 Å². The Morgan fingerprint density at radius 2 is 1.71 bits per heavy atom. The van der Waals surface area contributed by atoms with Crippen LogP contribution < -0.4 is 5.32 Å². The maximum absolute atomic E-state index is 12.5. The first-order chi connectivity index (χ1) is 11.2. The van der Waals surface area contributed by atoms with Gasteiger partial charge in [0.15, 0.2) is 0 Å². The molecule has 0 saturated carbocycles. The van der Waals surface area contributed by atoms with E-state index in [0.717, 1.165) is 17.0 Å². The number of urea groups is 1. The zero-order valence-corrected chi connectivity index (χ0v) is 15.5. The molecule has 2 N–H and O–H groups in total. The minimum absolute atomic E-state index is 0.0332. The van der Waals surface area contributed by atoms with Gasteiger partial charge in [-0.1, -0.05) is 20.8 Å². The van der Waals surface area contributed by atoms with Gasteiger partial charge < -0.3 is 20.1 Å². The van der Waals surface area contributed by atoms with Crippen LogP contribution in [0, 0.1) is 19.3 Å². The van der Waals surface area contributed by atoms with E-state index in [-0.39, 0.29) is 17.4 Å². The van der Waals surface area contributed by atoms with E-state index in [4.69, 9.17) is 0 Å². The molecular weight excluding hydrogens is 304 g/mol. The van der Waals surface area contributed by atoms with Gasteiger partial charge in [0, 0.05) is 44.1 Å². The van der Waals surface area contributed by atoms with Gasteiger partial charge in [0.2, 0.25) is 5.91 Å². The fourth-order valence-electron chi connectivity index (χ4n) is 2.85. The lowest BCUT2D eigenvalue weighted by Crippen LogP contribution is -2.54. The number of hydrogen-bond donors (Lipinski definition) is 2. The Kier molecular flexibility index (Phi) is 5.57. The minimum Gasteiger partial charge on any atom is -0.362 e. The number of amides is 3. The van der Waals surface area contributed by atoms with Crippen LogP contribution in [0.5, 0.6) is 0 Å². The van der Waals surface area contributed by atoms with E-state index in [1.165, 1.54) is 0 Å². The Bertz CT molecular complexity index is 593. The fourth-order valence-corrected chi connectivity index (χ4v) is 2.85. The molecule has 3 amide bonds. The number of nitrogens with one attached hydrogen (secondary N) is 2. The number of H-pyrrole nitrogens is 1. The van der Waals surface area contributed by atoms with E-state index in [0.29, 0.717) is 39.1 Å². The number of aromatic amines is 1. The molecule has 2 heterocycles. The third-order valence-electron chi connectivity index (χ3n) is 4.29. The van der Waals surface area contributed by atoms with E-state index in [1.54, 1.807) is 4.90 Å². The summed E-state index contributed by atoms with van der Waals surface area (Å²) < 4.78 is 0. The molecule has 134 valence electrons. The molecule has 1 aromatic rings. The lowest BCUT2D eigenvalue weighted by molar-refractivity contribution is -0.131. The van der Waals surface area contributed by atoms with Gasteiger partial charge in [-0.05, 0) is 30.9 Å². The van der Waals surface area contributed by atoms with Crippen molar-refractivity contribution in [2.75, 3.05) is 32.7 Å². The largest absolute Gasteiger partial charge is 0.362 e. The summed E-state index contributed by atoms with van der Waals surface area (Å²) >= 11 is 0. The van der Waals surface area contributed by atoms with Crippen LogP contribution in [0.3, 0.4) is 0 Å². The molecule has 6 nitrogen and oxygen atoms in total. The number of carbonyl (C=O) groups is 2. The van der Waals surface area contributed by atoms with Crippen LogP contribution in [0.1, 0.15) is 37.7 Å². The predicted octanol–water partition coefficient (Wildman–Crippen LogP) is 2.07. The third-order valence-corrected chi connectivity index (χ3v) is 4.29. The lowest BCUT2D eigenvalue weighted by atomic mass is 9.97. The molecule has 0 spiro atoms. The smallest absolute Gasteiger partial charge is 0.317 e. The van der Waals surface area contributed by atoms with E-state index in [2.05, 4.69) is 31.1 Å². The summed E-state index contributed by atoms with van der Waals surface area (Å²) in [4.78, 5) is 31.5. The number of nitrogens with zero attached hydrogens (tertiary/aromatic N) is 2. The van der Waals surface area contributed by atoms with Crippen LogP contribution in [-0.2, 0) is 11.2 Å². The van der Waals surface area contributed by atoms with Crippen molar-refractivity contribution in [2.45, 2.75) is 41.0 Å². The Balaban J connectivity index is 1.80. The second-order valence-electron chi connectivity index (χ2n) is 7.87. The van der Waals surface area contributed by atoms with Crippen molar-refractivity contribution in [1.29, 1.82) is 0 Å². The van der Waals surface area contributed by atoms with Gasteiger partial charge >= 0.3 is 6.03 Å². The number of carbonyl (C=O) groups excluding carboxylic acids is 2. The zero-order chi connectivity index (χ0) is 17.9. The van der Waals surface area contributed by atoms with Gasteiger partial charge in [-0.15, -0.1) is 0 Å². The summed E-state index contributed by atoms with van der Waals surface area (Å²) in [6.45, 7) is 13.3. The quantitative estimate of drug-likeness (QED) is 0.888. The molecule has 0 unspecified atom stereocenters. The second kappa shape index (κ2) is 7.28. The topological polar surface area (TPSA) is 68.4 Å². The summed E-state index contributed by atoms with van der Waals surface area (Å²) in [5.74, 6) is 0.131. The van der Waals surface area contributed by atoms with Gasteiger partial charge in [0.1, 0.15) is 0 Å². The molecule has 1 aliphatic rings. The molecule has 1 saturated heterocycles. The summed E-state index contributed by atoms with van der Waals surface area (Å²) in [5.41, 5.74) is 3.26. The lowest BCUT2D eigenvalue weighted by Gasteiger charge is -2.35. The average molecular weight is 334 g/mol. The molecule has 6 heteroatoms. The van der Waals surface area contributed by atoms with Crippen LogP contribution in [0.4, 0.5) is 4.79 Å². The Morgan fingerprint density at radius 3 is 2.21 bits per heavy atom. The maximum atomic E-state index is 12.5. The highest BCUT2D eigenvalue weighted by Crippen LogP contribution is 2.13. The molecule has 1 aromatic heterocycles. The van der Waals surface area contributed by atoms with Crippen molar-refractivity contribution >= 4 is 11.9 Å². The molecule has 0 radical (unpaired) electrons. The molecule has 0 aliphatic carbocycles. The van der Waals surface area contributed by atoms with Crippen molar-refractivity contribution in [3.8, 4) is 0 Å². The number of aromatic nitrogens is 1. The average Bonchev–Trinajstić information content (AvgIpc) is 2.82. The monoisotopic (exact) mass is 334 g/mol. The van der Waals surface area contributed by atoms with Crippen LogP contribution in [-0.4, -0.2) is 59.4 Å². The van der Waals surface area contributed by atoms with E-state index >= 15 is 0 Å². The van der Waals surface area contributed by atoms with Crippen molar-refractivity contribution in [3.05, 3.63) is 23.0 Å². The number of rotatable bonds is 3. The molecule has 0 aromatic carbocycles. The van der Waals surface area contributed by atoms with Crippen molar-refractivity contribution in [1.82, 2.24) is 20.1 Å². The van der Waals surface area contributed by atoms with Crippen LogP contribution in [0.25, 0.3) is 0 Å². The first-order valence-corrected chi connectivity index (χ1v) is 8.61. The number of hydrogen-bond acceptors (Lipinski definition) is 2. The van der Waals surface area contributed by atoms with E-state index < -0.39 is 0 Å². The highest BCUT2D eigenvalue weighted by Gasteiger charge is 2.25. The normalized spacial score (nSPS) is 15.5. The molecule has 2 rings (SSSR count). The van der Waals surface area contributed by atoms with Gasteiger partial charge in [-0.3, -0.25) is 4.79 Å². The predicted molar refractivity (Wildman–Crippen MR) is 95.0 cm³/mol. The standard InChI is InChI=1S/C18H30N4O2/c1-13-10-15(14(2)20-13)11-16(23)21-6-8-22(9-7-21)17(24)19-12-18(3,4)5/h10,20H,6-9,11-12H2,1-5H3,(H,19,24). The SMILES string of the molecule is Cc1cc(CC(=O)N2CCN(C(=O)NCC(C)(C)C)CC2)c(C)[nH]1. The zero-order valence-electron chi connectivity index (χ0n) is 15.5. The molecule has 0 bridgehead atoms. The number of piperazine rings is 1. The molecule has 24 heavy (non-hydrogen) atoms. The highest BCUT2D eigenvalue weighted by molar-refractivity contribution is 5.80. The molecule has 1 fully saturated rings. The summed E-state index contributed by atoms with van der Waals surface area (Å²) in [6, 6.07) is 2.00. The molecule has 1 aliphatic heterocycles. The summed E-state index contributed by atoms with van der Waals surface area (Å²) in [6.07, 6.45) is 0.423. The van der Waals surface area contributed by atoms with Crippen molar-refractivity contribution < 1.29 is 9.59 Å². The van der Waals surface area contributed by atoms with E-state index in [9.17, 15) is 9.59 Å². The summed E-state index contributed by atoms with van der Waals surface area (Å²) in [7, 11) is 0. The van der Waals surface area contributed by atoms with E-state index in [1.807, 2.05) is 24.8 Å². The van der Waals surface area contributed by atoms with Gasteiger partial charge in [-0.25, -0.2) is 4.79 Å². The first kappa shape index (κ1) is 18.4. The maximum Gasteiger partial charge on any atom is 0.317 e. The number of aryl methyl sites for hydroxylation is 2. The molecular formula is C18H30N4O2. The van der Waals surface area contributed by atoms with Crippen LogP contribution >= 0.6 is 0 Å². The van der Waals surface area contributed by atoms with Gasteiger partial charge in [-0.2, -0.15) is 0 Å². The third kappa shape index (κ3) is 5.01. The first-order valence-electron chi connectivity index (χ1n) is 8.61.